The van der Waals surface area contributed by atoms with E-state index in [1.807, 2.05) is 13.8 Å². The molecule has 0 radical (unpaired) electrons. The van der Waals surface area contributed by atoms with Crippen molar-refractivity contribution < 1.29 is 13.6 Å². The van der Waals surface area contributed by atoms with Gasteiger partial charge in [-0.15, -0.1) is 0 Å². The van der Waals surface area contributed by atoms with E-state index in [0.29, 0.717) is 35.4 Å². The third-order valence-electron chi connectivity index (χ3n) is 2.92. The van der Waals surface area contributed by atoms with Crippen LogP contribution >= 0.6 is 0 Å². The van der Waals surface area contributed by atoms with E-state index in [0.717, 1.165) is 0 Å². The molecule has 0 saturated heterocycles. The number of halogens is 1. The zero-order chi connectivity index (χ0) is 13.8. The molecule has 0 aliphatic heterocycles. The van der Waals surface area contributed by atoms with Crippen LogP contribution in [0.15, 0.2) is 34.9 Å². The van der Waals surface area contributed by atoms with Gasteiger partial charge in [0.1, 0.15) is 17.8 Å². The molecule has 1 N–H and O–H groups in total. The Balaban J connectivity index is 2.27. The van der Waals surface area contributed by atoms with Gasteiger partial charge in [0.05, 0.1) is 5.56 Å². The van der Waals surface area contributed by atoms with Gasteiger partial charge in [-0.2, -0.15) is 0 Å². The minimum atomic E-state index is -0.254. The number of amides is 1. The monoisotopic (exact) mass is 261 g/mol. The maximum Gasteiger partial charge on any atom is 0.254 e. The zero-order valence-electron chi connectivity index (χ0n) is 11.0. The molecule has 2 aromatic rings. The molecule has 0 spiro atoms. The van der Waals surface area contributed by atoms with E-state index in [-0.39, 0.29) is 11.7 Å². The van der Waals surface area contributed by atoms with Crippen molar-refractivity contribution in [3.05, 3.63) is 47.5 Å². The summed E-state index contributed by atoms with van der Waals surface area (Å²) < 4.78 is 19.0. The van der Waals surface area contributed by atoms with Crippen molar-refractivity contribution in [2.75, 3.05) is 6.54 Å². The number of nitrogens with one attached hydrogen (secondary N) is 1. The first kappa shape index (κ1) is 13.3. The highest BCUT2D eigenvalue weighted by molar-refractivity contribution is 5.94. The lowest BCUT2D eigenvalue weighted by molar-refractivity contribution is 0.0955. The summed E-state index contributed by atoms with van der Waals surface area (Å²) in [7, 11) is 0. The number of carbonyl (C=O) groups is 1. The van der Waals surface area contributed by atoms with Crippen molar-refractivity contribution in [2.24, 2.45) is 0 Å². The predicted molar refractivity (Wildman–Crippen MR) is 71.5 cm³/mol. The molecule has 1 aromatic carbocycles. The maximum atomic E-state index is 13.7. The highest BCUT2D eigenvalue weighted by Crippen LogP contribution is 2.24. The molecule has 100 valence electrons. The Morgan fingerprint density at radius 1 is 1.32 bits per heavy atom. The van der Waals surface area contributed by atoms with Crippen LogP contribution in [0.5, 0.6) is 0 Å². The summed E-state index contributed by atoms with van der Waals surface area (Å²) in [6.07, 6.45) is 2.03. The first-order chi connectivity index (χ1) is 9.15. The Labute approximate surface area is 111 Å². The number of benzene rings is 1. The summed E-state index contributed by atoms with van der Waals surface area (Å²) in [5, 5.41) is 2.68. The van der Waals surface area contributed by atoms with Crippen molar-refractivity contribution in [3.63, 3.8) is 0 Å². The number of hydrogen-bond donors (Lipinski definition) is 1. The number of carbonyl (C=O) groups excluding carboxylic acids is 1. The highest BCUT2D eigenvalue weighted by atomic mass is 19.1. The Hall–Kier alpha value is -2.10. The standard InChI is InChI=1S/C15H16FNO2/c1-3-10-5-6-11(7-13(10)16)14-8-12(9-19-14)15(18)17-4-2/h5-9H,3-4H2,1-2H3,(H,17,18). The van der Waals surface area contributed by atoms with Crippen molar-refractivity contribution in [2.45, 2.75) is 20.3 Å². The van der Waals surface area contributed by atoms with Gasteiger partial charge in [-0.3, -0.25) is 4.79 Å². The third-order valence-corrected chi connectivity index (χ3v) is 2.92. The van der Waals surface area contributed by atoms with Crippen LogP contribution in [0.4, 0.5) is 4.39 Å². The second-order valence-electron chi connectivity index (χ2n) is 4.22. The predicted octanol–water partition coefficient (Wildman–Crippen LogP) is 3.40. The second-order valence-corrected chi connectivity index (χ2v) is 4.22. The molecule has 0 saturated carbocycles. The molecule has 0 unspecified atom stereocenters. The molecular formula is C15H16FNO2. The van der Waals surface area contributed by atoms with Crippen LogP contribution in [-0.2, 0) is 6.42 Å². The lowest BCUT2D eigenvalue weighted by Gasteiger charge is -2.01. The Morgan fingerprint density at radius 3 is 2.74 bits per heavy atom. The average Bonchev–Trinajstić information content (AvgIpc) is 2.88. The smallest absolute Gasteiger partial charge is 0.254 e. The number of furan rings is 1. The van der Waals surface area contributed by atoms with Gasteiger partial charge < -0.3 is 9.73 Å². The average molecular weight is 261 g/mol. The van der Waals surface area contributed by atoms with Crippen LogP contribution in [0.3, 0.4) is 0 Å². The largest absolute Gasteiger partial charge is 0.464 e. The molecule has 1 amide bonds. The summed E-state index contributed by atoms with van der Waals surface area (Å²) in [6.45, 7) is 4.30. The first-order valence-corrected chi connectivity index (χ1v) is 6.31. The van der Waals surface area contributed by atoms with Gasteiger partial charge >= 0.3 is 0 Å². The molecule has 1 aromatic heterocycles. The van der Waals surface area contributed by atoms with Gasteiger partial charge in [-0.05, 0) is 31.0 Å². The van der Waals surface area contributed by atoms with Gasteiger partial charge in [-0.25, -0.2) is 4.39 Å². The van der Waals surface area contributed by atoms with Crippen LogP contribution in [0.1, 0.15) is 29.8 Å². The van der Waals surface area contributed by atoms with Gasteiger partial charge in [0.2, 0.25) is 0 Å². The van der Waals surface area contributed by atoms with Crippen molar-refractivity contribution in [1.82, 2.24) is 5.32 Å². The van der Waals surface area contributed by atoms with Crippen LogP contribution in [-0.4, -0.2) is 12.5 Å². The topological polar surface area (TPSA) is 42.2 Å². The fourth-order valence-electron chi connectivity index (χ4n) is 1.86. The van der Waals surface area contributed by atoms with Crippen molar-refractivity contribution >= 4 is 5.91 Å². The van der Waals surface area contributed by atoms with Gasteiger partial charge in [0.15, 0.2) is 0 Å². The Bertz CT molecular complexity index is 590. The lowest BCUT2D eigenvalue weighted by atomic mass is 10.1. The van der Waals surface area contributed by atoms with E-state index >= 15 is 0 Å². The molecule has 0 atom stereocenters. The molecule has 0 bridgehead atoms. The molecular weight excluding hydrogens is 245 g/mol. The van der Waals surface area contributed by atoms with E-state index in [4.69, 9.17) is 4.42 Å². The molecule has 0 aliphatic carbocycles. The summed E-state index contributed by atoms with van der Waals surface area (Å²) >= 11 is 0. The van der Waals surface area contributed by atoms with E-state index in [1.54, 1.807) is 18.2 Å². The molecule has 0 aliphatic rings. The minimum Gasteiger partial charge on any atom is -0.464 e. The number of rotatable bonds is 4. The van der Waals surface area contributed by atoms with Gasteiger partial charge in [0.25, 0.3) is 5.91 Å². The van der Waals surface area contributed by atoms with E-state index in [9.17, 15) is 9.18 Å². The summed E-state index contributed by atoms with van der Waals surface area (Å²) in [5.41, 5.74) is 1.74. The summed E-state index contributed by atoms with van der Waals surface area (Å²) in [5.74, 6) is 0.0434. The molecule has 2 rings (SSSR count). The Morgan fingerprint density at radius 2 is 2.11 bits per heavy atom. The first-order valence-electron chi connectivity index (χ1n) is 6.31. The van der Waals surface area contributed by atoms with Gasteiger partial charge in [-0.1, -0.05) is 19.1 Å². The summed E-state index contributed by atoms with van der Waals surface area (Å²) in [4.78, 5) is 11.6. The quantitative estimate of drug-likeness (QED) is 0.916. The molecule has 4 heteroatoms. The molecule has 3 nitrogen and oxygen atoms in total. The fraction of sp³-hybridized carbons (Fsp3) is 0.267. The molecule has 19 heavy (non-hydrogen) atoms. The van der Waals surface area contributed by atoms with E-state index in [2.05, 4.69) is 5.32 Å². The van der Waals surface area contributed by atoms with Crippen molar-refractivity contribution in [1.29, 1.82) is 0 Å². The van der Waals surface area contributed by atoms with Crippen LogP contribution in [0.2, 0.25) is 0 Å². The third kappa shape index (κ3) is 2.84. The summed E-state index contributed by atoms with van der Waals surface area (Å²) in [6, 6.07) is 6.58. The van der Waals surface area contributed by atoms with E-state index in [1.165, 1.54) is 12.3 Å². The number of hydrogen-bond acceptors (Lipinski definition) is 2. The maximum absolute atomic E-state index is 13.7. The fourth-order valence-corrected chi connectivity index (χ4v) is 1.86. The molecule has 1 heterocycles. The van der Waals surface area contributed by atoms with Crippen LogP contribution < -0.4 is 5.32 Å². The van der Waals surface area contributed by atoms with Crippen molar-refractivity contribution in [3.8, 4) is 11.3 Å². The van der Waals surface area contributed by atoms with Crippen LogP contribution in [0, 0.1) is 5.82 Å². The highest BCUT2D eigenvalue weighted by Gasteiger charge is 2.11. The van der Waals surface area contributed by atoms with Crippen LogP contribution in [0.25, 0.3) is 11.3 Å². The molecule has 0 fully saturated rings. The van der Waals surface area contributed by atoms with Gasteiger partial charge in [0, 0.05) is 12.1 Å². The zero-order valence-corrected chi connectivity index (χ0v) is 11.0. The lowest BCUT2D eigenvalue weighted by Crippen LogP contribution is -2.21. The second kappa shape index (κ2) is 5.69. The van der Waals surface area contributed by atoms with E-state index < -0.39 is 0 Å². The Kier molecular flexibility index (Phi) is 4.00. The minimum absolute atomic E-state index is 0.192. The number of aryl methyl sites for hydroxylation is 1. The SMILES string of the molecule is CCNC(=O)c1coc(-c2ccc(CC)c(F)c2)c1. The normalized spacial score (nSPS) is 10.5.